The SMILES string of the molecule is CNC(=O)C1=C(ON)CNC=C1. The van der Waals surface area contributed by atoms with Gasteiger partial charge in [0.2, 0.25) is 0 Å². The van der Waals surface area contributed by atoms with Gasteiger partial charge in [0, 0.05) is 7.05 Å². The third-order valence-corrected chi connectivity index (χ3v) is 1.54. The van der Waals surface area contributed by atoms with E-state index in [1.807, 2.05) is 0 Å². The van der Waals surface area contributed by atoms with Crippen LogP contribution in [0.1, 0.15) is 0 Å². The molecule has 12 heavy (non-hydrogen) atoms. The van der Waals surface area contributed by atoms with Gasteiger partial charge in [-0.15, -0.1) is 0 Å². The lowest BCUT2D eigenvalue weighted by atomic mass is 10.1. The molecule has 0 aromatic heterocycles. The summed E-state index contributed by atoms with van der Waals surface area (Å²) in [6, 6.07) is 0. The summed E-state index contributed by atoms with van der Waals surface area (Å²) in [7, 11) is 1.55. The predicted octanol–water partition coefficient (Wildman–Crippen LogP) is -1.01. The molecule has 1 rings (SSSR count). The smallest absolute Gasteiger partial charge is 0.254 e. The summed E-state index contributed by atoms with van der Waals surface area (Å²) in [5.41, 5.74) is 0.457. The van der Waals surface area contributed by atoms with Crippen molar-refractivity contribution < 1.29 is 9.63 Å². The highest BCUT2D eigenvalue weighted by Crippen LogP contribution is 2.08. The Balaban J connectivity index is 2.88. The zero-order valence-electron chi connectivity index (χ0n) is 6.76. The number of likely N-dealkylation sites (N-methyl/N-ethyl adjacent to an activating group) is 1. The molecule has 0 radical (unpaired) electrons. The average molecular weight is 169 g/mol. The highest BCUT2D eigenvalue weighted by atomic mass is 16.6. The highest BCUT2D eigenvalue weighted by molar-refractivity contribution is 5.96. The fourth-order valence-corrected chi connectivity index (χ4v) is 0.924. The summed E-state index contributed by atoms with van der Waals surface area (Å²) in [5, 5.41) is 5.36. The van der Waals surface area contributed by atoms with Gasteiger partial charge in [0.25, 0.3) is 5.91 Å². The molecule has 66 valence electrons. The number of dihydropyridines is 1. The molecule has 0 unspecified atom stereocenters. The van der Waals surface area contributed by atoms with E-state index < -0.39 is 0 Å². The normalized spacial score (nSPS) is 15.5. The molecule has 0 bridgehead atoms. The zero-order chi connectivity index (χ0) is 8.97. The lowest BCUT2D eigenvalue weighted by molar-refractivity contribution is -0.117. The van der Waals surface area contributed by atoms with Gasteiger partial charge in [0.05, 0.1) is 12.1 Å². The van der Waals surface area contributed by atoms with E-state index in [4.69, 9.17) is 5.90 Å². The van der Waals surface area contributed by atoms with Crippen LogP contribution in [-0.4, -0.2) is 19.5 Å². The van der Waals surface area contributed by atoms with Crippen LogP contribution in [0.3, 0.4) is 0 Å². The first kappa shape index (κ1) is 8.61. The summed E-state index contributed by atoms with van der Waals surface area (Å²) in [6.07, 6.45) is 3.29. The quantitative estimate of drug-likeness (QED) is 0.463. The van der Waals surface area contributed by atoms with Gasteiger partial charge in [0.1, 0.15) is 0 Å². The molecule has 0 fully saturated rings. The molecule has 0 aliphatic carbocycles. The van der Waals surface area contributed by atoms with Gasteiger partial charge in [-0.05, 0) is 12.3 Å². The van der Waals surface area contributed by atoms with Crippen molar-refractivity contribution in [2.24, 2.45) is 5.90 Å². The first-order valence-electron chi connectivity index (χ1n) is 3.51. The van der Waals surface area contributed by atoms with Crippen LogP contribution in [0.5, 0.6) is 0 Å². The molecule has 5 nitrogen and oxygen atoms in total. The zero-order valence-corrected chi connectivity index (χ0v) is 6.76. The first-order chi connectivity index (χ1) is 5.79. The Bertz CT molecular complexity index is 245. The van der Waals surface area contributed by atoms with E-state index in [1.165, 1.54) is 0 Å². The summed E-state index contributed by atoms with van der Waals surface area (Å²) < 4.78 is 0. The monoisotopic (exact) mass is 169 g/mol. The molecule has 4 N–H and O–H groups in total. The number of rotatable bonds is 2. The molecule has 1 aliphatic rings. The van der Waals surface area contributed by atoms with E-state index in [2.05, 4.69) is 15.5 Å². The van der Waals surface area contributed by atoms with Crippen molar-refractivity contribution in [3.8, 4) is 0 Å². The molecular weight excluding hydrogens is 158 g/mol. The van der Waals surface area contributed by atoms with Gasteiger partial charge in [-0.3, -0.25) is 4.79 Å². The fourth-order valence-electron chi connectivity index (χ4n) is 0.924. The predicted molar refractivity (Wildman–Crippen MR) is 43.5 cm³/mol. The number of nitrogens with one attached hydrogen (secondary N) is 2. The van der Waals surface area contributed by atoms with Crippen LogP contribution >= 0.6 is 0 Å². The van der Waals surface area contributed by atoms with E-state index in [-0.39, 0.29) is 5.91 Å². The molecule has 1 amide bonds. The minimum absolute atomic E-state index is 0.201. The Hall–Kier alpha value is -1.49. The Morgan fingerprint density at radius 2 is 2.58 bits per heavy atom. The third kappa shape index (κ3) is 1.57. The van der Waals surface area contributed by atoms with Gasteiger partial charge < -0.3 is 15.5 Å². The Morgan fingerprint density at radius 1 is 1.83 bits per heavy atom. The number of carbonyl (C=O) groups excluding carboxylic acids is 1. The van der Waals surface area contributed by atoms with Crippen LogP contribution in [-0.2, 0) is 9.63 Å². The highest BCUT2D eigenvalue weighted by Gasteiger charge is 2.14. The fraction of sp³-hybridized carbons (Fsp3) is 0.286. The van der Waals surface area contributed by atoms with Gasteiger partial charge >= 0.3 is 0 Å². The summed E-state index contributed by atoms with van der Waals surface area (Å²) >= 11 is 0. The van der Waals surface area contributed by atoms with Crippen molar-refractivity contribution in [3.05, 3.63) is 23.6 Å². The van der Waals surface area contributed by atoms with Gasteiger partial charge in [0.15, 0.2) is 5.76 Å². The van der Waals surface area contributed by atoms with E-state index >= 15 is 0 Å². The molecule has 1 heterocycles. The molecule has 0 spiro atoms. The topological polar surface area (TPSA) is 76.4 Å². The molecule has 5 heteroatoms. The van der Waals surface area contributed by atoms with Crippen molar-refractivity contribution in [1.82, 2.24) is 10.6 Å². The molecular formula is C7H11N3O2. The number of hydrogen-bond acceptors (Lipinski definition) is 4. The van der Waals surface area contributed by atoms with Gasteiger partial charge in [-0.2, -0.15) is 5.90 Å². The second-order valence-electron chi connectivity index (χ2n) is 2.25. The summed E-state index contributed by atoms with van der Waals surface area (Å²) in [6.45, 7) is 0.440. The van der Waals surface area contributed by atoms with E-state index in [0.717, 1.165) is 0 Å². The van der Waals surface area contributed by atoms with E-state index in [0.29, 0.717) is 17.9 Å². The van der Waals surface area contributed by atoms with Crippen molar-refractivity contribution in [3.63, 3.8) is 0 Å². The molecule has 0 saturated carbocycles. The van der Waals surface area contributed by atoms with Gasteiger partial charge in [-0.1, -0.05) is 0 Å². The second-order valence-corrected chi connectivity index (χ2v) is 2.25. The molecule has 0 aromatic rings. The van der Waals surface area contributed by atoms with E-state index in [9.17, 15) is 4.79 Å². The summed E-state index contributed by atoms with van der Waals surface area (Å²) in [5.74, 6) is 5.22. The first-order valence-corrected chi connectivity index (χ1v) is 3.51. The minimum Gasteiger partial charge on any atom is -0.413 e. The van der Waals surface area contributed by atoms with Crippen LogP contribution < -0.4 is 16.5 Å². The summed E-state index contributed by atoms with van der Waals surface area (Å²) in [4.78, 5) is 15.7. The van der Waals surface area contributed by atoms with Crippen LogP contribution in [0.4, 0.5) is 0 Å². The average Bonchev–Trinajstić information content (AvgIpc) is 2.16. The van der Waals surface area contributed by atoms with E-state index in [1.54, 1.807) is 19.3 Å². The maximum atomic E-state index is 11.2. The lowest BCUT2D eigenvalue weighted by Crippen LogP contribution is -2.27. The van der Waals surface area contributed by atoms with Crippen LogP contribution in [0.2, 0.25) is 0 Å². The second kappa shape index (κ2) is 3.77. The largest absolute Gasteiger partial charge is 0.413 e. The lowest BCUT2D eigenvalue weighted by Gasteiger charge is -2.13. The van der Waals surface area contributed by atoms with Crippen LogP contribution in [0, 0.1) is 0 Å². The van der Waals surface area contributed by atoms with Crippen molar-refractivity contribution in [2.75, 3.05) is 13.6 Å². The Morgan fingerprint density at radius 3 is 3.17 bits per heavy atom. The number of amides is 1. The maximum Gasteiger partial charge on any atom is 0.254 e. The van der Waals surface area contributed by atoms with Crippen molar-refractivity contribution in [1.29, 1.82) is 0 Å². The number of hydrogen-bond donors (Lipinski definition) is 3. The molecule has 0 aromatic carbocycles. The molecule has 0 saturated heterocycles. The Kier molecular flexibility index (Phi) is 2.71. The van der Waals surface area contributed by atoms with Crippen molar-refractivity contribution in [2.45, 2.75) is 0 Å². The molecule has 1 aliphatic heterocycles. The third-order valence-electron chi connectivity index (χ3n) is 1.54. The van der Waals surface area contributed by atoms with Crippen LogP contribution in [0.15, 0.2) is 23.6 Å². The van der Waals surface area contributed by atoms with Crippen LogP contribution in [0.25, 0.3) is 0 Å². The van der Waals surface area contributed by atoms with Gasteiger partial charge in [-0.25, -0.2) is 0 Å². The molecule has 0 atom stereocenters. The number of carbonyl (C=O) groups is 1. The van der Waals surface area contributed by atoms with Crippen molar-refractivity contribution >= 4 is 5.91 Å². The number of nitrogens with two attached hydrogens (primary N) is 1. The maximum absolute atomic E-state index is 11.2. The standard InChI is InChI=1S/C7H11N3O2/c1-9-7(11)5-2-3-10-4-6(5)12-8/h2-3,10H,4,8H2,1H3,(H,9,11). The Labute approximate surface area is 70.2 Å². The minimum atomic E-state index is -0.201.